The number of likely N-dealkylation sites (tertiary alicyclic amines) is 2. The summed E-state index contributed by atoms with van der Waals surface area (Å²) in [6.45, 7) is 3.32. The molecule has 2 aliphatic rings. The first-order valence-corrected chi connectivity index (χ1v) is 14.5. The average molecular weight is 563 g/mol. The number of aromatic nitrogens is 2. The highest BCUT2D eigenvalue weighted by Gasteiger charge is 2.42. The topological polar surface area (TPSA) is 64.3 Å². The Morgan fingerprint density at radius 3 is 2.64 bits per heavy atom. The number of amides is 1. The summed E-state index contributed by atoms with van der Waals surface area (Å²) in [5, 5.41) is 4.78. The maximum atomic E-state index is 13.4. The molecule has 8 heteroatoms. The molecule has 39 heavy (non-hydrogen) atoms. The van der Waals surface area contributed by atoms with E-state index in [4.69, 9.17) is 28.2 Å². The van der Waals surface area contributed by atoms with Gasteiger partial charge in [-0.15, -0.1) is 0 Å². The third-order valence-electron chi connectivity index (χ3n) is 8.38. The van der Waals surface area contributed by atoms with Gasteiger partial charge in [0.1, 0.15) is 0 Å². The van der Waals surface area contributed by atoms with Gasteiger partial charge in [0.25, 0.3) is 5.91 Å². The van der Waals surface area contributed by atoms with Gasteiger partial charge in [-0.05, 0) is 74.1 Å². The van der Waals surface area contributed by atoms with Gasteiger partial charge in [-0.3, -0.25) is 9.69 Å². The van der Waals surface area contributed by atoms with Crippen molar-refractivity contribution in [1.82, 2.24) is 19.8 Å². The number of fused-ring (bicyclic) bond motifs is 1. The van der Waals surface area contributed by atoms with E-state index in [0.29, 0.717) is 23.1 Å². The Labute approximate surface area is 239 Å². The molecule has 6 rings (SSSR count). The largest absolute Gasteiger partial charge is 0.340 e. The number of anilines is 1. The van der Waals surface area contributed by atoms with Crippen molar-refractivity contribution in [3.8, 4) is 0 Å². The highest BCUT2D eigenvalue weighted by atomic mass is 35.5. The molecule has 2 atom stereocenters. The minimum Gasteiger partial charge on any atom is -0.340 e. The smallest absolute Gasteiger partial charge is 0.253 e. The van der Waals surface area contributed by atoms with Gasteiger partial charge < -0.3 is 15.2 Å². The lowest BCUT2D eigenvalue weighted by molar-refractivity contribution is 0.0778. The summed E-state index contributed by atoms with van der Waals surface area (Å²) in [4.78, 5) is 26.1. The third-order valence-corrected chi connectivity index (χ3v) is 9.12. The minimum absolute atomic E-state index is 0.0833. The minimum atomic E-state index is -0.194. The number of H-pyrrole nitrogens is 1. The number of carbonyl (C=O) groups excluding carboxylic acids is 1. The van der Waals surface area contributed by atoms with Crippen molar-refractivity contribution in [2.75, 3.05) is 31.5 Å². The van der Waals surface area contributed by atoms with E-state index in [1.54, 1.807) is 0 Å². The Balaban J connectivity index is 1.22. The Kier molecular flexibility index (Phi) is 7.52. The Morgan fingerprint density at radius 1 is 1.00 bits per heavy atom. The number of para-hydroxylation sites is 2. The van der Waals surface area contributed by atoms with Crippen molar-refractivity contribution in [3.05, 3.63) is 94.0 Å². The first-order valence-electron chi connectivity index (χ1n) is 13.8. The van der Waals surface area contributed by atoms with Gasteiger partial charge in [0.2, 0.25) is 5.95 Å². The summed E-state index contributed by atoms with van der Waals surface area (Å²) in [5.41, 5.74) is 3.69. The summed E-state index contributed by atoms with van der Waals surface area (Å²) < 4.78 is 0. The number of aromatic amines is 1. The zero-order chi connectivity index (χ0) is 26.8. The van der Waals surface area contributed by atoms with Gasteiger partial charge in [0.15, 0.2) is 0 Å². The lowest BCUT2D eigenvalue weighted by Gasteiger charge is -2.39. The average Bonchev–Trinajstić information content (AvgIpc) is 3.59. The van der Waals surface area contributed by atoms with Crippen LogP contribution in [0.3, 0.4) is 0 Å². The van der Waals surface area contributed by atoms with E-state index in [9.17, 15) is 4.79 Å². The molecule has 2 N–H and O–H groups in total. The predicted molar refractivity (Wildman–Crippen MR) is 159 cm³/mol. The maximum absolute atomic E-state index is 13.4. The predicted octanol–water partition coefficient (Wildman–Crippen LogP) is 6.97. The number of piperidine rings is 1. The fourth-order valence-corrected chi connectivity index (χ4v) is 6.48. The molecule has 3 aromatic carbocycles. The van der Waals surface area contributed by atoms with Gasteiger partial charge in [-0.25, -0.2) is 4.98 Å². The SMILES string of the molecule is O=C(c1ccccc1)N1CCC(CCN2CCCCC2Nc2nc3ccccc3[nH]2)(c2ccc(Cl)c(Cl)c2)C1. The zero-order valence-corrected chi connectivity index (χ0v) is 23.4. The molecule has 1 amide bonds. The van der Waals surface area contributed by atoms with E-state index in [0.717, 1.165) is 60.5 Å². The number of nitrogens with zero attached hydrogens (tertiary/aromatic N) is 3. The second-order valence-corrected chi connectivity index (χ2v) is 11.6. The molecule has 0 spiro atoms. The van der Waals surface area contributed by atoms with Crippen molar-refractivity contribution in [2.45, 2.75) is 43.7 Å². The number of hydrogen-bond donors (Lipinski definition) is 2. The van der Waals surface area contributed by atoms with Crippen LogP contribution in [-0.2, 0) is 5.41 Å². The van der Waals surface area contributed by atoms with Crippen LogP contribution in [0, 0.1) is 0 Å². The highest BCUT2D eigenvalue weighted by Crippen LogP contribution is 2.41. The number of benzene rings is 3. The fourth-order valence-electron chi connectivity index (χ4n) is 6.18. The second-order valence-electron chi connectivity index (χ2n) is 10.8. The summed E-state index contributed by atoms with van der Waals surface area (Å²) in [5.74, 6) is 0.896. The third kappa shape index (κ3) is 5.51. The molecule has 0 bridgehead atoms. The number of rotatable bonds is 7. The molecule has 202 valence electrons. The van der Waals surface area contributed by atoms with Crippen molar-refractivity contribution in [3.63, 3.8) is 0 Å². The maximum Gasteiger partial charge on any atom is 0.253 e. The molecule has 0 saturated carbocycles. The molecule has 2 saturated heterocycles. The number of nitrogens with one attached hydrogen (secondary N) is 2. The standard InChI is InChI=1S/C31H33Cl2N5O/c32-24-14-13-23(20-25(24)33)31(16-19-38(21-31)29(39)22-8-2-1-3-9-22)15-18-37-17-7-6-12-28(37)36-30-34-26-10-4-5-11-27(26)35-30/h1-5,8-11,13-14,20,28H,6-7,12,15-19,21H2,(H2,34,35,36). The summed E-state index contributed by atoms with van der Waals surface area (Å²) in [6, 6.07) is 23.6. The van der Waals surface area contributed by atoms with E-state index >= 15 is 0 Å². The van der Waals surface area contributed by atoms with Crippen molar-refractivity contribution in [1.29, 1.82) is 0 Å². The van der Waals surface area contributed by atoms with Crippen LogP contribution >= 0.6 is 23.2 Å². The normalized spacial score (nSPS) is 21.9. The van der Waals surface area contributed by atoms with Gasteiger partial charge in [-0.2, -0.15) is 0 Å². The van der Waals surface area contributed by atoms with Gasteiger partial charge in [-0.1, -0.05) is 59.6 Å². The number of hydrogen-bond acceptors (Lipinski definition) is 4. The van der Waals surface area contributed by atoms with E-state index in [-0.39, 0.29) is 17.5 Å². The van der Waals surface area contributed by atoms with Crippen LogP contribution in [0.4, 0.5) is 5.95 Å². The summed E-state index contributed by atoms with van der Waals surface area (Å²) >= 11 is 12.8. The van der Waals surface area contributed by atoms with E-state index in [1.165, 1.54) is 12.8 Å². The molecule has 2 unspecified atom stereocenters. The van der Waals surface area contributed by atoms with Crippen LogP contribution in [0.5, 0.6) is 0 Å². The zero-order valence-electron chi connectivity index (χ0n) is 21.9. The van der Waals surface area contributed by atoms with Crippen LogP contribution < -0.4 is 5.32 Å². The van der Waals surface area contributed by atoms with Gasteiger partial charge in [0.05, 0.1) is 27.2 Å². The Hall–Kier alpha value is -3.06. The molecule has 2 aliphatic heterocycles. The van der Waals surface area contributed by atoms with Crippen LogP contribution in [0.25, 0.3) is 11.0 Å². The monoisotopic (exact) mass is 561 g/mol. The highest BCUT2D eigenvalue weighted by molar-refractivity contribution is 6.42. The van der Waals surface area contributed by atoms with Crippen LogP contribution in [0.1, 0.15) is 48.0 Å². The molecule has 0 radical (unpaired) electrons. The molecule has 2 fully saturated rings. The molecule has 6 nitrogen and oxygen atoms in total. The molecule has 1 aromatic heterocycles. The lowest BCUT2D eigenvalue weighted by atomic mass is 9.76. The number of carbonyl (C=O) groups is 1. The lowest BCUT2D eigenvalue weighted by Crippen LogP contribution is -2.47. The molecular formula is C31H33Cl2N5O. The first-order chi connectivity index (χ1) is 19.0. The Morgan fingerprint density at radius 2 is 1.82 bits per heavy atom. The number of halogens is 2. The molecule has 3 heterocycles. The molecular weight excluding hydrogens is 529 g/mol. The van der Waals surface area contributed by atoms with Crippen molar-refractivity contribution in [2.24, 2.45) is 0 Å². The first kappa shape index (κ1) is 26.2. The van der Waals surface area contributed by atoms with E-state index < -0.39 is 0 Å². The summed E-state index contributed by atoms with van der Waals surface area (Å²) in [7, 11) is 0. The van der Waals surface area contributed by atoms with Crippen molar-refractivity contribution >= 4 is 46.1 Å². The fraction of sp³-hybridized carbons (Fsp3) is 0.355. The molecule has 0 aliphatic carbocycles. The Bertz CT molecular complexity index is 1420. The second kappa shape index (κ2) is 11.2. The van der Waals surface area contributed by atoms with Crippen molar-refractivity contribution < 1.29 is 4.79 Å². The number of imidazole rings is 1. The van der Waals surface area contributed by atoms with E-state index in [1.807, 2.05) is 65.6 Å². The van der Waals surface area contributed by atoms with Gasteiger partial charge >= 0.3 is 0 Å². The van der Waals surface area contributed by atoms with Crippen LogP contribution in [0.15, 0.2) is 72.8 Å². The van der Waals surface area contributed by atoms with E-state index in [2.05, 4.69) is 27.3 Å². The van der Waals surface area contributed by atoms with Gasteiger partial charge in [0, 0.05) is 37.2 Å². The van der Waals surface area contributed by atoms with Crippen LogP contribution in [0.2, 0.25) is 10.0 Å². The van der Waals surface area contributed by atoms with Crippen LogP contribution in [-0.4, -0.2) is 58.0 Å². The quantitative estimate of drug-likeness (QED) is 0.256. The molecule has 4 aromatic rings. The summed E-state index contributed by atoms with van der Waals surface area (Å²) in [6.07, 6.45) is 5.44.